The first-order valence-corrected chi connectivity index (χ1v) is 7.62. The fourth-order valence-corrected chi connectivity index (χ4v) is 2.67. The molecule has 2 N–H and O–H groups in total. The lowest BCUT2D eigenvalue weighted by Gasteiger charge is -2.12. The average Bonchev–Trinajstić information content (AvgIpc) is 2.43. The molecular weight excluding hydrogens is 278 g/mol. The normalized spacial score (nSPS) is 12.6. The summed E-state index contributed by atoms with van der Waals surface area (Å²) in [5.74, 6) is 5.30. The highest BCUT2D eigenvalue weighted by molar-refractivity contribution is 7.89. The molecule has 0 aromatic heterocycles. The van der Waals surface area contributed by atoms with Gasteiger partial charge in [-0.05, 0) is 37.6 Å². The Kier molecular flexibility index (Phi) is 6.17. The molecule has 0 saturated carbocycles. The van der Waals surface area contributed by atoms with Crippen LogP contribution < -0.4 is 4.72 Å². The second-order valence-corrected chi connectivity index (χ2v) is 6.10. The Labute approximate surface area is 120 Å². The summed E-state index contributed by atoms with van der Waals surface area (Å²) >= 11 is 0. The van der Waals surface area contributed by atoms with E-state index in [1.807, 2.05) is 0 Å². The van der Waals surface area contributed by atoms with Crippen molar-refractivity contribution in [1.29, 1.82) is 0 Å². The van der Waals surface area contributed by atoms with Crippen molar-refractivity contribution in [2.24, 2.45) is 0 Å². The first-order valence-electron chi connectivity index (χ1n) is 6.13. The van der Waals surface area contributed by atoms with E-state index in [0.717, 1.165) is 5.56 Å². The molecule has 20 heavy (non-hydrogen) atoms. The molecule has 0 aliphatic heterocycles. The highest BCUT2D eigenvalue weighted by atomic mass is 32.2. The molecule has 1 aromatic carbocycles. The quantitative estimate of drug-likeness (QED) is 0.783. The van der Waals surface area contributed by atoms with Crippen LogP contribution in [0.15, 0.2) is 23.1 Å². The van der Waals surface area contributed by atoms with Gasteiger partial charge in [-0.1, -0.05) is 11.8 Å². The summed E-state index contributed by atoms with van der Waals surface area (Å²) in [5, 5.41) is 8.66. The summed E-state index contributed by atoms with van der Waals surface area (Å²) in [4.78, 5) is 0.188. The number of aryl methyl sites for hydroxylation is 1. The van der Waals surface area contributed by atoms with Crippen LogP contribution in [0, 0.1) is 18.8 Å². The average molecular weight is 297 g/mol. The molecule has 1 aromatic rings. The van der Waals surface area contributed by atoms with E-state index < -0.39 is 10.0 Å². The molecule has 0 radical (unpaired) electrons. The minimum atomic E-state index is -3.55. The molecule has 1 unspecified atom stereocenters. The van der Waals surface area contributed by atoms with Crippen LogP contribution in [0.4, 0.5) is 0 Å². The van der Waals surface area contributed by atoms with E-state index in [9.17, 15) is 8.42 Å². The van der Waals surface area contributed by atoms with Gasteiger partial charge >= 0.3 is 0 Å². The van der Waals surface area contributed by atoms with Crippen molar-refractivity contribution in [3.8, 4) is 11.8 Å². The Morgan fingerprint density at radius 2 is 2.15 bits per heavy atom. The molecule has 0 aliphatic carbocycles. The first-order chi connectivity index (χ1) is 9.40. The number of nitrogens with one attached hydrogen (secondary N) is 1. The van der Waals surface area contributed by atoms with Gasteiger partial charge in [-0.2, -0.15) is 0 Å². The van der Waals surface area contributed by atoms with Crippen LogP contribution in [0.25, 0.3) is 0 Å². The zero-order valence-electron chi connectivity index (χ0n) is 11.8. The maximum atomic E-state index is 12.1. The maximum Gasteiger partial charge on any atom is 0.240 e. The Bertz CT molecular complexity index is 614. The van der Waals surface area contributed by atoms with E-state index in [1.54, 1.807) is 26.0 Å². The maximum absolute atomic E-state index is 12.1. The number of aliphatic hydroxyl groups excluding tert-OH is 1. The predicted molar refractivity (Wildman–Crippen MR) is 76.8 cm³/mol. The first kappa shape index (κ1) is 16.7. The third-order valence-electron chi connectivity index (χ3n) is 2.77. The SMILES string of the molecule is COC(C)CNS(=O)(=O)c1ccc(C#CCO)c(C)c1. The molecule has 5 nitrogen and oxygen atoms in total. The minimum absolute atomic E-state index is 0.188. The van der Waals surface area contributed by atoms with E-state index in [1.165, 1.54) is 13.2 Å². The number of hydrogen-bond donors (Lipinski definition) is 2. The highest BCUT2D eigenvalue weighted by Gasteiger charge is 2.15. The van der Waals surface area contributed by atoms with Crippen LogP contribution in [-0.4, -0.2) is 39.9 Å². The molecule has 0 heterocycles. The van der Waals surface area contributed by atoms with Crippen molar-refractivity contribution in [3.05, 3.63) is 29.3 Å². The van der Waals surface area contributed by atoms with Crippen molar-refractivity contribution in [2.75, 3.05) is 20.3 Å². The fourth-order valence-electron chi connectivity index (χ4n) is 1.47. The molecule has 0 bridgehead atoms. The Morgan fingerprint density at radius 3 is 2.70 bits per heavy atom. The minimum Gasteiger partial charge on any atom is -0.384 e. The molecule has 6 heteroatoms. The van der Waals surface area contributed by atoms with Gasteiger partial charge in [-0.15, -0.1) is 0 Å². The lowest BCUT2D eigenvalue weighted by atomic mass is 10.1. The highest BCUT2D eigenvalue weighted by Crippen LogP contribution is 2.14. The topological polar surface area (TPSA) is 75.6 Å². The lowest BCUT2D eigenvalue weighted by molar-refractivity contribution is 0.122. The van der Waals surface area contributed by atoms with E-state index in [2.05, 4.69) is 16.6 Å². The summed E-state index contributed by atoms with van der Waals surface area (Å²) in [6.45, 7) is 3.54. The molecule has 1 atom stereocenters. The fraction of sp³-hybridized carbons (Fsp3) is 0.429. The van der Waals surface area contributed by atoms with Gasteiger partial charge in [0.25, 0.3) is 0 Å². The van der Waals surface area contributed by atoms with Crippen LogP contribution in [-0.2, 0) is 14.8 Å². The number of hydrogen-bond acceptors (Lipinski definition) is 4. The molecular formula is C14H19NO4S. The Balaban J connectivity index is 2.94. The van der Waals surface area contributed by atoms with Crippen molar-refractivity contribution in [3.63, 3.8) is 0 Å². The standard InChI is InChI=1S/C14H19NO4S/c1-11-9-14(7-6-13(11)5-4-8-16)20(17,18)15-10-12(2)19-3/h6-7,9,12,15-16H,8,10H2,1-3H3. The van der Waals surface area contributed by atoms with Gasteiger partial charge in [-0.3, -0.25) is 0 Å². The summed E-state index contributed by atoms with van der Waals surface area (Å²) in [5.41, 5.74) is 1.44. The van der Waals surface area contributed by atoms with Gasteiger partial charge < -0.3 is 9.84 Å². The molecule has 0 saturated heterocycles. The van der Waals surface area contributed by atoms with Gasteiger partial charge in [0.1, 0.15) is 6.61 Å². The zero-order valence-corrected chi connectivity index (χ0v) is 12.6. The number of aliphatic hydroxyl groups is 1. The molecule has 1 rings (SSSR count). The predicted octanol–water partition coefficient (Wildman–Crippen LogP) is 0.652. The van der Waals surface area contributed by atoms with Crippen LogP contribution >= 0.6 is 0 Å². The Hall–Kier alpha value is -1.39. The number of ether oxygens (including phenoxy) is 1. The van der Waals surface area contributed by atoms with E-state index in [4.69, 9.17) is 9.84 Å². The van der Waals surface area contributed by atoms with E-state index in [-0.39, 0.29) is 24.2 Å². The summed E-state index contributed by atoms with van der Waals surface area (Å²) in [7, 11) is -2.03. The second kappa shape index (κ2) is 7.41. The smallest absolute Gasteiger partial charge is 0.240 e. The summed E-state index contributed by atoms with van der Waals surface area (Å²) < 4.78 is 31.7. The third-order valence-corrected chi connectivity index (χ3v) is 4.19. The number of benzene rings is 1. The molecule has 0 amide bonds. The number of sulfonamides is 1. The molecule has 0 aliphatic rings. The van der Waals surface area contributed by atoms with Gasteiger partial charge in [0.15, 0.2) is 0 Å². The van der Waals surface area contributed by atoms with Gasteiger partial charge in [0.05, 0.1) is 11.0 Å². The molecule has 0 fully saturated rings. The van der Waals surface area contributed by atoms with Gasteiger partial charge in [0.2, 0.25) is 10.0 Å². The zero-order chi connectivity index (χ0) is 15.2. The van der Waals surface area contributed by atoms with Crippen molar-refractivity contribution >= 4 is 10.0 Å². The summed E-state index contributed by atoms with van der Waals surface area (Å²) in [6, 6.07) is 4.68. The van der Waals surface area contributed by atoms with Crippen LogP contribution in [0.2, 0.25) is 0 Å². The number of methoxy groups -OCH3 is 1. The van der Waals surface area contributed by atoms with Crippen LogP contribution in [0.5, 0.6) is 0 Å². The largest absolute Gasteiger partial charge is 0.384 e. The monoisotopic (exact) mass is 297 g/mol. The van der Waals surface area contributed by atoms with E-state index >= 15 is 0 Å². The van der Waals surface area contributed by atoms with Crippen molar-refractivity contribution in [2.45, 2.75) is 24.8 Å². The van der Waals surface area contributed by atoms with E-state index in [0.29, 0.717) is 5.56 Å². The van der Waals surface area contributed by atoms with Crippen molar-refractivity contribution < 1.29 is 18.3 Å². The lowest BCUT2D eigenvalue weighted by Crippen LogP contribution is -2.31. The molecule has 0 spiro atoms. The number of rotatable bonds is 5. The van der Waals surface area contributed by atoms with Gasteiger partial charge in [0, 0.05) is 19.2 Å². The van der Waals surface area contributed by atoms with Crippen molar-refractivity contribution in [1.82, 2.24) is 4.72 Å². The Morgan fingerprint density at radius 1 is 1.45 bits per heavy atom. The van der Waals surface area contributed by atoms with Crippen LogP contribution in [0.3, 0.4) is 0 Å². The second-order valence-electron chi connectivity index (χ2n) is 4.33. The summed E-state index contributed by atoms with van der Waals surface area (Å²) in [6.07, 6.45) is -0.194. The third kappa shape index (κ3) is 4.62. The van der Waals surface area contributed by atoms with Crippen LogP contribution in [0.1, 0.15) is 18.1 Å². The van der Waals surface area contributed by atoms with Gasteiger partial charge in [-0.25, -0.2) is 13.1 Å². The molecule has 110 valence electrons.